The summed E-state index contributed by atoms with van der Waals surface area (Å²) in [5.41, 5.74) is 2.23. The molecule has 0 amide bonds. The highest BCUT2D eigenvalue weighted by molar-refractivity contribution is 5.92. The molecule has 0 atom stereocenters. The fourth-order valence-electron chi connectivity index (χ4n) is 1.75. The summed E-state index contributed by atoms with van der Waals surface area (Å²) < 4.78 is 0. The molecule has 0 radical (unpaired) electrons. The van der Waals surface area contributed by atoms with Gasteiger partial charge in [0.1, 0.15) is 0 Å². The average Bonchev–Trinajstić information content (AvgIpc) is 2.40. The van der Waals surface area contributed by atoms with Crippen molar-refractivity contribution in [2.75, 3.05) is 0 Å². The lowest BCUT2D eigenvalue weighted by molar-refractivity contribution is 0.0970. The molecule has 1 aromatic heterocycles. The van der Waals surface area contributed by atoms with Crippen LogP contribution in [0.1, 0.15) is 34.6 Å². The van der Waals surface area contributed by atoms with Crippen molar-refractivity contribution in [3.8, 4) is 0 Å². The van der Waals surface area contributed by atoms with E-state index in [1.54, 1.807) is 12.4 Å². The van der Waals surface area contributed by atoms with Crippen molar-refractivity contribution in [1.29, 1.82) is 0 Å². The highest BCUT2D eigenvalue weighted by Crippen LogP contribution is 2.07. The quantitative estimate of drug-likeness (QED) is 0.754. The number of nitrogens with zero attached hydrogens (tertiary/aromatic N) is 2. The van der Waals surface area contributed by atoms with Crippen LogP contribution in [0.4, 0.5) is 0 Å². The smallest absolute Gasteiger partial charge is 0.200 e. The van der Waals surface area contributed by atoms with Crippen molar-refractivity contribution in [1.82, 2.24) is 9.97 Å². The number of rotatable bonds is 5. The summed E-state index contributed by atoms with van der Waals surface area (Å²) in [5, 5.41) is 0. The number of carbonyl (C=O) groups is 1. The Balaban J connectivity index is 1.84. The molecule has 0 bridgehead atoms. The number of benzene rings is 1. The van der Waals surface area contributed by atoms with Gasteiger partial charge in [-0.2, -0.15) is 0 Å². The summed E-state index contributed by atoms with van der Waals surface area (Å²) in [5.74, 6) is 0.347. The van der Waals surface area contributed by atoms with Gasteiger partial charge < -0.3 is 0 Å². The standard InChI is InChI=1S/C15H16N2O/c1-12-10-16-15(17-11-12)14(18)9-5-8-13-6-3-2-4-7-13/h2-4,6-7,10-11H,5,8-9H2,1H3. The second-order valence-electron chi connectivity index (χ2n) is 4.35. The Kier molecular flexibility index (Phi) is 4.18. The van der Waals surface area contributed by atoms with Gasteiger partial charge in [0.05, 0.1) is 0 Å². The van der Waals surface area contributed by atoms with Gasteiger partial charge in [-0.05, 0) is 30.9 Å². The summed E-state index contributed by atoms with van der Waals surface area (Å²) in [6, 6.07) is 10.2. The van der Waals surface area contributed by atoms with E-state index in [1.807, 2.05) is 25.1 Å². The molecule has 18 heavy (non-hydrogen) atoms. The third kappa shape index (κ3) is 3.48. The van der Waals surface area contributed by atoms with Crippen LogP contribution >= 0.6 is 0 Å². The van der Waals surface area contributed by atoms with E-state index in [0.717, 1.165) is 18.4 Å². The van der Waals surface area contributed by atoms with E-state index in [4.69, 9.17) is 0 Å². The van der Waals surface area contributed by atoms with E-state index in [-0.39, 0.29) is 5.78 Å². The van der Waals surface area contributed by atoms with Crippen molar-refractivity contribution in [3.63, 3.8) is 0 Å². The topological polar surface area (TPSA) is 42.9 Å². The fourth-order valence-corrected chi connectivity index (χ4v) is 1.75. The van der Waals surface area contributed by atoms with Crippen LogP contribution in [0, 0.1) is 6.92 Å². The van der Waals surface area contributed by atoms with Crippen molar-refractivity contribution >= 4 is 5.78 Å². The van der Waals surface area contributed by atoms with Gasteiger partial charge in [-0.1, -0.05) is 30.3 Å². The molecule has 0 aliphatic heterocycles. The molecule has 0 unspecified atom stereocenters. The summed E-state index contributed by atoms with van der Waals surface area (Å²) in [6.07, 6.45) is 5.60. The highest BCUT2D eigenvalue weighted by Gasteiger charge is 2.08. The van der Waals surface area contributed by atoms with E-state index >= 15 is 0 Å². The largest absolute Gasteiger partial charge is 0.291 e. The van der Waals surface area contributed by atoms with Gasteiger partial charge in [0, 0.05) is 18.8 Å². The number of carbonyl (C=O) groups excluding carboxylic acids is 1. The normalized spacial score (nSPS) is 10.3. The Hall–Kier alpha value is -2.03. The molecule has 0 N–H and O–H groups in total. The zero-order valence-corrected chi connectivity index (χ0v) is 10.5. The first kappa shape index (κ1) is 12.4. The molecular weight excluding hydrogens is 224 g/mol. The summed E-state index contributed by atoms with van der Waals surface area (Å²) >= 11 is 0. The molecule has 0 saturated heterocycles. The van der Waals surface area contributed by atoms with Crippen LogP contribution in [-0.4, -0.2) is 15.8 Å². The summed E-state index contributed by atoms with van der Waals surface area (Å²) in [7, 11) is 0. The van der Waals surface area contributed by atoms with Crippen LogP contribution in [0.15, 0.2) is 42.7 Å². The van der Waals surface area contributed by atoms with E-state index in [2.05, 4.69) is 22.1 Å². The lowest BCUT2D eigenvalue weighted by Gasteiger charge is -2.01. The number of aryl methyl sites for hydroxylation is 2. The fraction of sp³-hybridized carbons (Fsp3) is 0.267. The molecule has 1 heterocycles. The lowest BCUT2D eigenvalue weighted by Crippen LogP contribution is -2.05. The maximum Gasteiger partial charge on any atom is 0.200 e. The molecule has 0 aliphatic rings. The van der Waals surface area contributed by atoms with Crippen molar-refractivity contribution in [2.45, 2.75) is 26.2 Å². The zero-order valence-electron chi connectivity index (χ0n) is 10.5. The molecule has 2 aromatic rings. The minimum atomic E-state index is 0.0194. The molecular formula is C15H16N2O. The van der Waals surface area contributed by atoms with Gasteiger partial charge in [0.25, 0.3) is 0 Å². The van der Waals surface area contributed by atoms with Gasteiger partial charge in [0.15, 0.2) is 11.6 Å². The van der Waals surface area contributed by atoms with Gasteiger partial charge in [-0.25, -0.2) is 9.97 Å². The maximum atomic E-state index is 11.8. The molecule has 3 heteroatoms. The second kappa shape index (κ2) is 6.05. The number of Topliss-reactive ketones (excluding diaryl/α,β-unsaturated/α-hetero) is 1. The van der Waals surface area contributed by atoms with E-state index < -0.39 is 0 Å². The first-order valence-electron chi connectivity index (χ1n) is 6.11. The molecule has 0 saturated carbocycles. The van der Waals surface area contributed by atoms with Crippen LogP contribution in [0.5, 0.6) is 0 Å². The van der Waals surface area contributed by atoms with Gasteiger partial charge in [-0.3, -0.25) is 4.79 Å². The Morgan fingerprint density at radius 1 is 1.11 bits per heavy atom. The first-order chi connectivity index (χ1) is 8.75. The molecule has 1 aromatic carbocycles. The predicted molar refractivity (Wildman–Crippen MR) is 70.5 cm³/mol. The van der Waals surface area contributed by atoms with Crippen LogP contribution in [0.3, 0.4) is 0 Å². The minimum absolute atomic E-state index is 0.0194. The Morgan fingerprint density at radius 3 is 2.44 bits per heavy atom. The Bertz CT molecular complexity index is 506. The van der Waals surface area contributed by atoms with Gasteiger partial charge >= 0.3 is 0 Å². The SMILES string of the molecule is Cc1cnc(C(=O)CCCc2ccccc2)nc1. The van der Waals surface area contributed by atoms with Crippen LogP contribution < -0.4 is 0 Å². The Labute approximate surface area is 107 Å². The van der Waals surface area contributed by atoms with Crippen molar-refractivity contribution in [3.05, 3.63) is 59.7 Å². The first-order valence-corrected chi connectivity index (χ1v) is 6.11. The average molecular weight is 240 g/mol. The number of hydrogen-bond donors (Lipinski definition) is 0. The molecule has 92 valence electrons. The summed E-state index contributed by atoms with van der Waals surface area (Å²) in [4.78, 5) is 19.9. The molecule has 3 nitrogen and oxygen atoms in total. The van der Waals surface area contributed by atoms with Crippen LogP contribution in [-0.2, 0) is 6.42 Å². The highest BCUT2D eigenvalue weighted by atomic mass is 16.1. The Morgan fingerprint density at radius 2 is 1.78 bits per heavy atom. The molecule has 0 fully saturated rings. The molecule has 0 spiro atoms. The van der Waals surface area contributed by atoms with E-state index in [0.29, 0.717) is 12.2 Å². The van der Waals surface area contributed by atoms with Crippen LogP contribution in [0.25, 0.3) is 0 Å². The monoisotopic (exact) mass is 240 g/mol. The zero-order chi connectivity index (χ0) is 12.8. The van der Waals surface area contributed by atoms with E-state index in [9.17, 15) is 4.79 Å². The number of ketones is 1. The summed E-state index contributed by atoms with van der Waals surface area (Å²) in [6.45, 7) is 1.91. The lowest BCUT2D eigenvalue weighted by atomic mass is 10.1. The predicted octanol–water partition coefficient (Wildman–Crippen LogP) is 2.99. The van der Waals surface area contributed by atoms with Crippen molar-refractivity contribution in [2.24, 2.45) is 0 Å². The second-order valence-corrected chi connectivity index (χ2v) is 4.35. The minimum Gasteiger partial charge on any atom is -0.291 e. The third-order valence-electron chi connectivity index (χ3n) is 2.74. The molecule has 0 aliphatic carbocycles. The van der Waals surface area contributed by atoms with E-state index in [1.165, 1.54) is 5.56 Å². The molecule has 2 rings (SSSR count). The van der Waals surface area contributed by atoms with Crippen molar-refractivity contribution < 1.29 is 4.79 Å². The third-order valence-corrected chi connectivity index (χ3v) is 2.74. The van der Waals surface area contributed by atoms with Crippen LogP contribution in [0.2, 0.25) is 0 Å². The number of aromatic nitrogens is 2. The van der Waals surface area contributed by atoms with Gasteiger partial charge in [0.2, 0.25) is 0 Å². The van der Waals surface area contributed by atoms with Gasteiger partial charge in [-0.15, -0.1) is 0 Å². The maximum absolute atomic E-state index is 11.8. The number of hydrogen-bond acceptors (Lipinski definition) is 3.